The lowest BCUT2D eigenvalue weighted by molar-refractivity contribution is -0.155. The second kappa shape index (κ2) is 12.8. The molecule has 6 heteroatoms. The standard InChI is InChI=1S/C19H23NO5.C3H8.C2H6/c1-6-24-18(23)14-10-20(11-16(21)25-19(3,4)5)15-8-7-12(2)9-13(15)17(14)22;1-3-2;1-2/h7-10H,6,11H2,1-5H3;3H2,1-2H3;1-2H3. The van der Waals surface area contributed by atoms with E-state index in [9.17, 15) is 14.4 Å². The summed E-state index contributed by atoms with van der Waals surface area (Å²) in [5, 5.41) is 0.370. The number of aryl methyl sites for hydroxylation is 1. The Hall–Kier alpha value is -2.63. The van der Waals surface area contributed by atoms with Crippen LogP contribution < -0.4 is 5.43 Å². The molecule has 6 nitrogen and oxygen atoms in total. The van der Waals surface area contributed by atoms with E-state index in [0.717, 1.165) is 5.56 Å². The van der Waals surface area contributed by atoms with Crippen molar-refractivity contribution in [3.63, 3.8) is 0 Å². The number of benzene rings is 1. The highest BCUT2D eigenvalue weighted by Crippen LogP contribution is 2.16. The molecule has 1 heterocycles. The van der Waals surface area contributed by atoms with Crippen LogP contribution in [0.5, 0.6) is 0 Å². The first kappa shape index (κ1) is 27.4. The minimum absolute atomic E-state index is 0.0940. The molecule has 0 amide bonds. The van der Waals surface area contributed by atoms with Crippen LogP contribution in [-0.2, 0) is 20.8 Å². The van der Waals surface area contributed by atoms with Crippen LogP contribution in [0.3, 0.4) is 0 Å². The van der Waals surface area contributed by atoms with Crippen molar-refractivity contribution in [2.75, 3.05) is 6.61 Å². The average molecular weight is 420 g/mol. The van der Waals surface area contributed by atoms with Crippen molar-refractivity contribution in [2.24, 2.45) is 0 Å². The van der Waals surface area contributed by atoms with E-state index in [2.05, 4.69) is 13.8 Å². The first-order valence-electron chi connectivity index (χ1n) is 10.6. The summed E-state index contributed by atoms with van der Waals surface area (Å²) >= 11 is 0. The normalized spacial score (nSPS) is 10.3. The molecule has 0 aliphatic rings. The van der Waals surface area contributed by atoms with Gasteiger partial charge in [-0.2, -0.15) is 0 Å². The van der Waals surface area contributed by atoms with Crippen molar-refractivity contribution in [1.29, 1.82) is 0 Å². The molecule has 0 spiro atoms. The first-order valence-corrected chi connectivity index (χ1v) is 10.6. The fourth-order valence-corrected chi connectivity index (χ4v) is 2.51. The van der Waals surface area contributed by atoms with Crippen LogP contribution in [-0.4, -0.2) is 28.7 Å². The predicted octanol–water partition coefficient (Wildman–Crippen LogP) is 5.27. The molecule has 2 aromatic rings. The summed E-state index contributed by atoms with van der Waals surface area (Å²) in [6.45, 7) is 17.2. The van der Waals surface area contributed by atoms with Crippen molar-refractivity contribution in [3.8, 4) is 0 Å². The number of ether oxygens (including phenoxy) is 2. The number of rotatable bonds is 4. The van der Waals surface area contributed by atoms with Gasteiger partial charge in [0.1, 0.15) is 17.7 Å². The molecule has 0 aliphatic carbocycles. The Bertz CT molecular complexity index is 891. The molecule has 1 aromatic carbocycles. The quantitative estimate of drug-likeness (QED) is 0.631. The van der Waals surface area contributed by atoms with Crippen LogP contribution in [0.2, 0.25) is 0 Å². The predicted molar refractivity (Wildman–Crippen MR) is 122 cm³/mol. The number of carbonyl (C=O) groups excluding carboxylic acids is 2. The molecule has 0 saturated carbocycles. The van der Waals surface area contributed by atoms with Gasteiger partial charge in [-0.25, -0.2) is 4.79 Å². The van der Waals surface area contributed by atoms with Gasteiger partial charge in [0.25, 0.3) is 0 Å². The summed E-state index contributed by atoms with van der Waals surface area (Å²) in [5.74, 6) is -1.15. The zero-order valence-electron chi connectivity index (χ0n) is 19.9. The Morgan fingerprint density at radius 3 is 2.13 bits per heavy atom. The van der Waals surface area contributed by atoms with Crippen LogP contribution in [0.25, 0.3) is 10.9 Å². The molecule has 0 unspecified atom stereocenters. The molecule has 168 valence electrons. The summed E-state index contributed by atoms with van der Waals surface area (Å²) in [4.78, 5) is 36.9. The molecule has 0 N–H and O–H groups in total. The summed E-state index contributed by atoms with van der Waals surface area (Å²) in [5.41, 5.74) is 0.331. The third-order valence-electron chi connectivity index (χ3n) is 3.45. The molecule has 2 rings (SSSR count). The molecule has 1 aromatic heterocycles. The van der Waals surface area contributed by atoms with Crippen molar-refractivity contribution in [3.05, 3.63) is 45.7 Å². The van der Waals surface area contributed by atoms with Gasteiger partial charge in [-0.15, -0.1) is 0 Å². The molecule has 0 bridgehead atoms. The summed E-state index contributed by atoms with van der Waals surface area (Å²) < 4.78 is 11.9. The van der Waals surface area contributed by atoms with E-state index in [-0.39, 0.29) is 18.7 Å². The van der Waals surface area contributed by atoms with Crippen molar-refractivity contribution >= 4 is 22.8 Å². The Balaban J connectivity index is 0.00000154. The van der Waals surface area contributed by atoms with E-state index in [4.69, 9.17) is 9.47 Å². The number of hydrogen-bond acceptors (Lipinski definition) is 5. The fourth-order valence-electron chi connectivity index (χ4n) is 2.51. The van der Waals surface area contributed by atoms with Gasteiger partial charge >= 0.3 is 11.9 Å². The average Bonchev–Trinajstić information content (AvgIpc) is 2.65. The largest absolute Gasteiger partial charge is 0.462 e. The van der Waals surface area contributed by atoms with Gasteiger partial charge in [0.15, 0.2) is 0 Å². The Morgan fingerprint density at radius 1 is 1.07 bits per heavy atom. The summed E-state index contributed by atoms with van der Waals surface area (Å²) in [7, 11) is 0. The highest BCUT2D eigenvalue weighted by molar-refractivity contribution is 5.94. The number of carbonyl (C=O) groups is 2. The molecule has 30 heavy (non-hydrogen) atoms. The second-order valence-corrected chi connectivity index (χ2v) is 7.53. The summed E-state index contributed by atoms with van der Waals surface area (Å²) in [6, 6.07) is 5.30. The zero-order chi connectivity index (χ0) is 23.5. The number of esters is 2. The molecular weight excluding hydrogens is 382 g/mol. The third kappa shape index (κ3) is 8.39. The third-order valence-corrected chi connectivity index (χ3v) is 3.45. The lowest BCUT2D eigenvalue weighted by Crippen LogP contribution is -2.28. The van der Waals surface area contributed by atoms with E-state index in [0.29, 0.717) is 10.9 Å². The Kier molecular flexibility index (Phi) is 11.7. The lowest BCUT2D eigenvalue weighted by atomic mass is 10.1. The van der Waals surface area contributed by atoms with Gasteiger partial charge in [0.2, 0.25) is 5.43 Å². The number of hydrogen-bond donors (Lipinski definition) is 0. The number of pyridine rings is 1. The molecule has 0 saturated heterocycles. The maximum Gasteiger partial charge on any atom is 0.343 e. The second-order valence-electron chi connectivity index (χ2n) is 7.53. The topological polar surface area (TPSA) is 74.6 Å². The van der Waals surface area contributed by atoms with E-state index in [1.54, 1.807) is 44.4 Å². The van der Waals surface area contributed by atoms with Crippen molar-refractivity contribution in [2.45, 2.75) is 80.9 Å². The molecular formula is C24H37NO5. The number of aromatic nitrogens is 1. The Labute approximate surface area is 180 Å². The van der Waals surface area contributed by atoms with Gasteiger partial charge in [0.05, 0.1) is 12.1 Å². The fraction of sp³-hybridized carbons (Fsp3) is 0.542. The lowest BCUT2D eigenvalue weighted by Gasteiger charge is -2.20. The SMILES string of the molecule is CC.CCC.CCOC(=O)c1cn(CC(=O)OC(C)(C)C)c2ccc(C)cc2c1=O. The van der Waals surface area contributed by atoms with Crippen LogP contribution >= 0.6 is 0 Å². The molecule has 0 aliphatic heterocycles. The molecule has 0 radical (unpaired) electrons. The van der Waals surface area contributed by atoms with E-state index in [1.165, 1.54) is 12.6 Å². The minimum atomic E-state index is -0.700. The van der Waals surface area contributed by atoms with E-state index in [1.807, 2.05) is 26.8 Å². The van der Waals surface area contributed by atoms with Gasteiger partial charge in [-0.05, 0) is 46.8 Å². The van der Waals surface area contributed by atoms with Gasteiger partial charge in [0, 0.05) is 11.6 Å². The highest BCUT2D eigenvalue weighted by atomic mass is 16.6. The first-order chi connectivity index (χ1) is 14.0. The Morgan fingerprint density at radius 2 is 1.63 bits per heavy atom. The smallest absolute Gasteiger partial charge is 0.343 e. The zero-order valence-corrected chi connectivity index (χ0v) is 19.9. The highest BCUT2D eigenvalue weighted by Gasteiger charge is 2.20. The maximum absolute atomic E-state index is 12.6. The van der Waals surface area contributed by atoms with Crippen molar-refractivity contribution < 1.29 is 19.1 Å². The number of nitrogens with zero attached hydrogens (tertiary/aromatic N) is 1. The van der Waals surface area contributed by atoms with Gasteiger partial charge in [-0.3, -0.25) is 9.59 Å². The summed E-state index contributed by atoms with van der Waals surface area (Å²) in [6.07, 6.45) is 2.61. The van der Waals surface area contributed by atoms with Crippen molar-refractivity contribution in [1.82, 2.24) is 4.57 Å². The van der Waals surface area contributed by atoms with E-state index >= 15 is 0 Å². The maximum atomic E-state index is 12.6. The van der Waals surface area contributed by atoms with Crippen LogP contribution in [0.1, 0.15) is 77.7 Å². The van der Waals surface area contributed by atoms with Gasteiger partial charge < -0.3 is 14.0 Å². The monoisotopic (exact) mass is 419 g/mol. The molecule has 0 atom stereocenters. The van der Waals surface area contributed by atoms with Gasteiger partial charge in [-0.1, -0.05) is 45.7 Å². The van der Waals surface area contributed by atoms with Crippen LogP contribution in [0.15, 0.2) is 29.2 Å². The minimum Gasteiger partial charge on any atom is -0.462 e. The molecule has 0 fully saturated rings. The van der Waals surface area contributed by atoms with E-state index < -0.39 is 23.0 Å². The number of fused-ring (bicyclic) bond motifs is 1. The van der Waals surface area contributed by atoms with Crippen LogP contribution in [0.4, 0.5) is 0 Å². The van der Waals surface area contributed by atoms with Crippen LogP contribution in [0, 0.1) is 6.92 Å².